The van der Waals surface area contributed by atoms with Gasteiger partial charge in [0, 0.05) is 10.5 Å². The second-order valence-corrected chi connectivity index (χ2v) is 7.13. The molecule has 4 rings (SSSR count). The van der Waals surface area contributed by atoms with Gasteiger partial charge in [0.15, 0.2) is 5.41 Å². The predicted molar refractivity (Wildman–Crippen MR) is 109 cm³/mol. The van der Waals surface area contributed by atoms with Crippen LogP contribution in [0, 0.1) is 26.9 Å². The number of nitro groups is 1. The minimum atomic E-state index is -1.81. The molecule has 1 aliphatic carbocycles. The number of fused-ring (bicyclic) bond motifs is 1. The highest BCUT2D eigenvalue weighted by Crippen LogP contribution is 2.51. The zero-order chi connectivity index (χ0) is 20.6. The molecule has 0 radical (unpaired) electrons. The SMILES string of the molecule is N#CC1(C(N)=O)C=C(c2ccc3ccccc3c2)C([N+](=O)[O-])C1c1ccccc1. The average Bonchev–Trinajstić information content (AvgIpc) is 3.11. The number of hydrogen-bond acceptors (Lipinski definition) is 4. The maximum Gasteiger partial charge on any atom is 0.247 e. The van der Waals surface area contributed by atoms with Crippen molar-refractivity contribution < 1.29 is 9.72 Å². The molecule has 29 heavy (non-hydrogen) atoms. The van der Waals surface area contributed by atoms with E-state index in [4.69, 9.17) is 5.73 Å². The van der Waals surface area contributed by atoms with Crippen LogP contribution in [-0.4, -0.2) is 16.9 Å². The van der Waals surface area contributed by atoms with Crippen molar-refractivity contribution in [1.29, 1.82) is 5.26 Å². The number of carbonyl (C=O) groups excluding carboxylic acids is 1. The fraction of sp³-hybridized carbons (Fsp3) is 0.130. The molecule has 2 N–H and O–H groups in total. The molecule has 0 aromatic heterocycles. The first-order chi connectivity index (χ1) is 14.0. The summed E-state index contributed by atoms with van der Waals surface area (Å²) in [7, 11) is 0. The second-order valence-electron chi connectivity index (χ2n) is 7.13. The van der Waals surface area contributed by atoms with Crippen LogP contribution in [0.4, 0.5) is 0 Å². The smallest absolute Gasteiger partial charge is 0.247 e. The largest absolute Gasteiger partial charge is 0.368 e. The van der Waals surface area contributed by atoms with Gasteiger partial charge in [-0.2, -0.15) is 5.26 Å². The van der Waals surface area contributed by atoms with E-state index < -0.39 is 28.2 Å². The molecule has 0 saturated heterocycles. The molecule has 3 atom stereocenters. The van der Waals surface area contributed by atoms with Gasteiger partial charge in [0.25, 0.3) is 0 Å². The van der Waals surface area contributed by atoms with E-state index in [0.29, 0.717) is 16.7 Å². The van der Waals surface area contributed by atoms with Crippen LogP contribution in [-0.2, 0) is 4.79 Å². The summed E-state index contributed by atoms with van der Waals surface area (Å²) in [4.78, 5) is 24.2. The van der Waals surface area contributed by atoms with Crippen molar-refractivity contribution in [2.75, 3.05) is 0 Å². The van der Waals surface area contributed by atoms with Gasteiger partial charge >= 0.3 is 0 Å². The Kier molecular flexibility index (Phi) is 4.36. The van der Waals surface area contributed by atoms with Crippen LogP contribution in [0.15, 0.2) is 78.9 Å². The van der Waals surface area contributed by atoms with Gasteiger partial charge in [-0.1, -0.05) is 66.7 Å². The van der Waals surface area contributed by atoms with Crippen molar-refractivity contribution in [1.82, 2.24) is 0 Å². The number of nitrogens with two attached hydrogens (primary N) is 1. The minimum absolute atomic E-state index is 0.329. The van der Waals surface area contributed by atoms with Crippen LogP contribution >= 0.6 is 0 Å². The van der Waals surface area contributed by atoms with Crippen LogP contribution in [0.1, 0.15) is 17.0 Å². The van der Waals surface area contributed by atoms with Gasteiger partial charge in [-0.25, -0.2) is 0 Å². The van der Waals surface area contributed by atoms with E-state index in [9.17, 15) is 20.2 Å². The van der Waals surface area contributed by atoms with E-state index in [-0.39, 0.29) is 0 Å². The predicted octanol–water partition coefficient (Wildman–Crippen LogP) is 3.66. The van der Waals surface area contributed by atoms with Gasteiger partial charge in [0.05, 0.1) is 12.0 Å². The van der Waals surface area contributed by atoms with Crippen LogP contribution in [0.3, 0.4) is 0 Å². The number of nitrogens with zero attached hydrogens (tertiary/aromatic N) is 2. The third kappa shape index (κ3) is 2.84. The molecule has 0 saturated carbocycles. The Balaban J connectivity index is 1.96. The van der Waals surface area contributed by atoms with Crippen molar-refractivity contribution in [3.8, 4) is 6.07 Å². The summed E-state index contributed by atoms with van der Waals surface area (Å²) in [6.07, 6.45) is 1.39. The Morgan fingerprint density at radius 3 is 2.31 bits per heavy atom. The molecule has 0 bridgehead atoms. The molecule has 6 nitrogen and oxygen atoms in total. The number of nitriles is 1. The molecule has 6 heteroatoms. The number of hydrogen-bond donors (Lipinski definition) is 1. The summed E-state index contributed by atoms with van der Waals surface area (Å²) < 4.78 is 0. The fourth-order valence-electron chi connectivity index (χ4n) is 4.19. The maximum absolute atomic E-state index is 12.4. The molecule has 0 aliphatic heterocycles. The van der Waals surface area contributed by atoms with Gasteiger partial charge < -0.3 is 5.73 Å². The van der Waals surface area contributed by atoms with E-state index in [1.165, 1.54) is 6.08 Å². The van der Waals surface area contributed by atoms with Crippen LogP contribution < -0.4 is 5.73 Å². The molecule has 142 valence electrons. The first-order valence-electron chi connectivity index (χ1n) is 9.09. The Labute approximate surface area is 167 Å². The maximum atomic E-state index is 12.4. The average molecular weight is 383 g/mol. The lowest BCUT2D eigenvalue weighted by atomic mass is 9.73. The Bertz CT molecular complexity index is 1200. The monoisotopic (exact) mass is 383 g/mol. The summed E-state index contributed by atoms with van der Waals surface area (Å²) in [5.41, 5.74) is 5.29. The summed E-state index contributed by atoms with van der Waals surface area (Å²) in [6, 6.07) is 22.5. The van der Waals surface area contributed by atoms with E-state index in [1.807, 2.05) is 42.5 Å². The third-order valence-corrected chi connectivity index (χ3v) is 5.57. The van der Waals surface area contributed by atoms with Gasteiger partial charge in [-0.3, -0.25) is 14.9 Å². The standard InChI is InChI=1S/C23H17N3O3/c24-14-23(22(25)27)13-19(18-11-10-15-6-4-5-9-17(15)12-18)21(26(28)29)20(23)16-7-2-1-3-8-16/h1-13,20-21H,(H2,25,27). The van der Waals surface area contributed by atoms with Crippen molar-refractivity contribution in [2.45, 2.75) is 12.0 Å². The van der Waals surface area contributed by atoms with Gasteiger partial charge in [0.1, 0.15) is 0 Å². The lowest BCUT2D eigenvalue weighted by Crippen LogP contribution is -2.42. The number of primary amides is 1. The van der Waals surface area contributed by atoms with Crippen LogP contribution in [0.2, 0.25) is 0 Å². The van der Waals surface area contributed by atoms with Crippen molar-refractivity contribution in [2.24, 2.45) is 11.1 Å². The van der Waals surface area contributed by atoms with Crippen LogP contribution in [0.25, 0.3) is 16.3 Å². The van der Waals surface area contributed by atoms with Crippen molar-refractivity contribution in [3.63, 3.8) is 0 Å². The summed E-state index contributed by atoms with van der Waals surface area (Å²) in [5.74, 6) is -1.90. The summed E-state index contributed by atoms with van der Waals surface area (Å²) >= 11 is 0. The highest BCUT2D eigenvalue weighted by atomic mass is 16.6. The topological polar surface area (TPSA) is 110 Å². The quantitative estimate of drug-likeness (QED) is 0.547. The van der Waals surface area contributed by atoms with Gasteiger partial charge in [-0.05, 0) is 34.0 Å². The summed E-state index contributed by atoms with van der Waals surface area (Å²) in [6.45, 7) is 0. The highest BCUT2D eigenvalue weighted by Gasteiger charge is 2.59. The number of benzene rings is 3. The zero-order valence-electron chi connectivity index (χ0n) is 15.4. The van der Waals surface area contributed by atoms with Crippen LogP contribution in [0.5, 0.6) is 0 Å². The molecular weight excluding hydrogens is 366 g/mol. The molecular formula is C23H17N3O3. The van der Waals surface area contributed by atoms with E-state index in [2.05, 4.69) is 0 Å². The Morgan fingerprint density at radius 1 is 1.03 bits per heavy atom. The Morgan fingerprint density at radius 2 is 1.69 bits per heavy atom. The molecule has 3 aromatic carbocycles. The van der Waals surface area contributed by atoms with Gasteiger partial charge in [0.2, 0.25) is 11.9 Å². The van der Waals surface area contributed by atoms with E-state index in [1.54, 1.807) is 36.4 Å². The molecule has 1 amide bonds. The summed E-state index contributed by atoms with van der Waals surface area (Å²) in [5, 5.41) is 24.0. The third-order valence-electron chi connectivity index (χ3n) is 5.57. The van der Waals surface area contributed by atoms with Gasteiger partial charge in [-0.15, -0.1) is 0 Å². The van der Waals surface area contributed by atoms with E-state index >= 15 is 0 Å². The van der Waals surface area contributed by atoms with E-state index in [0.717, 1.165) is 10.8 Å². The van der Waals surface area contributed by atoms with Crippen molar-refractivity contribution in [3.05, 3.63) is 100 Å². The second kappa shape index (κ2) is 6.88. The number of rotatable bonds is 4. The molecule has 0 heterocycles. The molecule has 0 fully saturated rings. The minimum Gasteiger partial charge on any atom is -0.368 e. The molecule has 0 spiro atoms. The zero-order valence-corrected chi connectivity index (χ0v) is 15.4. The molecule has 3 unspecified atom stereocenters. The first-order valence-corrected chi connectivity index (χ1v) is 9.09. The lowest BCUT2D eigenvalue weighted by Gasteiger charge is -2.26. The molecule has 1 aliphatic rings. The lowest BCUT2D eigenvalue weighted by molar-refractivity contribution is -0.510. The normalized spacial score (nSPS) is 23.3. The number of carbonyl (C=O) groups is 1. The number of amides is 1. The first kappa shape index (κ1) is 18.4. The molecule has 3 aromatic rings. The Hall–Kier alpha value is -3.98. The highest BCUT2D eigenvalue weighted by molar-refractivity contribution is 5.95. The fourth-order valence-corrected chi connectivity index (χ4v) is 4.19. The van der Waals surface area contributed by atoms with Crippen molar-refractivity contribution >= 4 is 22.3 Å².